The van der Waals surface area contributed by atoms with Gasteiger partial charge in [-0.1, -0.05) is 25.5 Å². The normalized spacial score (nSPS) is 12.5. The van der Waals surface area contributed by atoms with Crippen LogP contribution in [0.1, 0.15) is 36.4 Å². The lowest BCUT2D eigenvalue weighted by Gasteiger charge is -2.16. The van der Waals surface area contributed by atoms with Gasteiger partial charge in [0.15, 0.2) is 0 Å². The molecule has 0 saturated carbocycles. The van der Waals surface area contributed by atoms with Crippen LogP contribution in [0.3, 0.4) is 0 Å². The predicted molar refractivity (Wildman–Crippen MR) is 73.0 cm³/mol. The molecule has 1 N–H and O–H groups in total. The van der Waals surface area contributed by atoms with Crippen LogP contribution < -0.4 is 5.32 Å². The van der Waals surface area contributed by atoms with Crippen LogP contribution in [0, 0.1) is 0 Å². The van der Waals surface area contributed by atoms with Crippen molar-refractivity contribution in [2.75, 3.05) is 0 Å². The lowest BCUT2D eigenvalue weighted by Crippen LogP contribution is -2.20. The summed E-state index contributed by atoms with van der Waals surface area (Å²) in [5, 5.41) is 5.73. The summed E-state index contributed by atoms with van der Waals surface area (Å²) < 4.78 is 0. The standard InChI is InChI=1S/C14H18N2S/c1-2-6-13(14-8-5-10-17-14)16-11-12-7-3-4-9-15-12/h3-5,7-10,13,16H,2,6,11H2,1H3. The first-order chi connectivity index (χ1) is 8.40. The molecule has 2 aromatic rings. The van der Waals surface area contributed by atoms with Crippen molar-refractivity contribution < 1.29 is 0 Å². The number of thiophene rings is 1. The number of hydrogen-bond donors (Lipinski definition) is 1. The molecule has 2 nitrogen and oxygen atoms in total. The van der Waals surface area contributed by atoms with Crippen molar-refractivity contribution in [1.29, 1.82) is 0 Å². The molecule has 0 saturated heterocycles. The Kier molecular flexibility index (Phi) is 4.71. The monoisotopic (exact) mass is 246 g/mol. The van der Waals surface area contributed by atoms with Crippen molar-refractivity contribution in [3.05, 3.63) is 52.5 Å². The fourth-order valence-electron chi connectivity index (χ4n) is 1.85. The van der Waals surface area contributed by atoms with Crippen molar-refractivity contribution in [1.82, 2.24) is 10.3 Å². The maximum absolute atomic E-state index is 4.33. The second-order valence-corrected chi connectivity index (χ2v) is 5.04. The zero-order chi connectivity index (χ0) is 11.9. The molecule has 0 spiro atoms. The topological polar surface area (TPSA) is 24.9 Å². The van der Waals surface area contributed by atoms with Gasteiger partial charge in [-0.15, -0.1) is 11.3 Å². The number of hydrogen-bond acceptors (Lipinski definition) is 3. The molecule has 90 valence electrons. The van der Waals surface area contributed by atoms with Crippen LogP contribution in [0.4, 0.5) is 0 Å². The van der Waals surface area contributed by atoms with Gasteiger partial charge in [-0.3, -0.25) is 4.98 Å². The first kappa shape index (κ1) is 12.3. The summed E-state index contributed by atoms with van der Waals surface area (Å²) >= 11 is 1.82. The highest BCUT2D eigenvalue weighted by molar-refractivity contribution is 7.10. The highest BCUT2D eigenvalue weighted by atomic mass is 32.1. The van der Waals surface area contributed by atoms with Crippen LogP contribution in [0.2, 0.25) is 0 Å². The Morgan fingerprint density at radius 2 is 2.24 bits per heavy atom. The Labute approximate surface area is 107 Å². The number of nitrogens with one attached hydrogen (secondary N) is 1. The van der Waals surface area contributed by atoms with E-state index in [1.54, 1.807) is 0 Å². The molecular formula is C14H18N2S. The van der Waals surface area contributed by atoms with Gasteiger partial charge in [0.1, 0.15) is 0 Å². The average molecular weight is 246 g/mol. The van der Waals surface area contributed by atoms with E-state index in [2.05, 4.69) is 40.8 Å². The fourth-order valence-corrected chi connectivity index (χ4v) is 2.69. The predicted octanol–water partition coefficient (Wildman–Crippen LogP) is 3.77. The van der Waals surface area contributed by atoms with E-state index in [0.717, 1.165) is 12.2 Å². The van der Waals surface area contributed by atoms with Gasteiger partial charge in [0, 0.05) is 23.7 Å². The van der Waals surface area contributed by atoms with Crippen molar-refractivity contribution in [2.45, 2.75) is 32.4 Å². The summed E-state index contributed by atoms with van der Waals surface area (Å²) in [6, 6.07) is 10.8. The molecule has 2 heterocycles. The van der Waals surface area contributed by atoms with Crippen LogP contribution in [0.15, 0.2) is 41.9 Å². The minimum absolute atomic E-state index is 0.460. The lowest BCUT2D eigenvalue weighted by atomic mass is 10.1. The van der Waals surface area contributed by atoms with Crippen molar-refractivity contribution in [3.63, 3.8) is 0 Å². The van der Waals surface area contributed by atoms with Gasteiger partial charge in [0.25, 0.3) is 0 Å². The second kappa shape index (κ2) is 6.52. The van der Waals surface area contributed by atoms with Crippen LogP contribution >= 0.6 is 11.3 Å². The molecule has 2 aromatic heterocycles. The Bertz CT molecular complexity index is 411. The molecule has 0 radical (unpaired) electrons. The average Bonchev–Trinajstić information content (AvgIpc) is 2.89. The molecule has 0 aliphatic carbocycles. The van der Waals surface area contributed by atoms with Crippen LogP contribution in [0.5, 0.6) is 0 Å². The summed E-state index contributed by atoms with van der Waals surface area (Å²) in [7, 11) is 0. The minimum Gasteiger partial charge on any atom is -0.304 e. The third-order valence-corrected chi connectivity index (χ3v) is 3.71. The molecule has 0 aromatic carbocycles. The molecular weight excluding hydrogens is 228 g/mol. The zero-order valence-electron chi connectivity index (χ0n) is 10.1. The van der Waals surface area contributed by atoms with E-state index in [1.807, 2.05) is 29.7 Å². The Morgan fingerprint density at radius 3 is 2.88 bits per heavy atom. The SMILES string of the molecule is CCCC(NCc1ccccn1)c1cccs1. The highest BCUT2D eigenvalue weighted by Crippen LogP contribution is 2.23. The van der Waals surface area contributed by atoms with E-state index in [4.69, 9.17) is 0 Å². The van der Waals surface area contributed by atoms with Crippen molar-refractivity contribution in [2.24, 2.45) is 0 Å². The summed E-state index contributed by atoms with van der Waals surface area (Å²) in [6.45, 7) is 3.06. The number of aromatic nitrogens is 1. The van der Waals surface area contributed by atoms with Crippen molar-refractivity contribution in [3.8, 4) is 0 Å². The molecule has 2 rings (SSSR count). The lowest BCUT2D eigenvalue weighted by molar-refractivity contribution is 0.496. The van der Waals surface area contributed by atoms with Gasteiger partial charge in [-0.2, -0.15) is 0 Å². The van der Waals surface area contributed by atoms with E-state index in [9.17, 15) is 0 Å². The first-order valence-corrected chi connectivity index (χ1v) is 6.95. The largest absolute Gasteiger partial charge is 0.304 e. The summed E-state index contributed by atoms with van der Waals surface area (Å²) in [6.07, 6.45) is 4.21. The molecule has 1 atom stereocenters. The van der Waals surface area contributed by atoms with Gasteiger partial charge in [-0.05, 0) is 30.0 Å². The van der Waals surface area contributed by atoms with Crippen LogP contribution in [0.25, 0.3) is 0 Å². The van der Waals surface area contributed by atoms with E-state index in [1.165, 1.54) is 17.7 Å². The Hall–Kier alpha value is -1.19. The maximum Gasteiger partial charge on any atom is 0.0541 e. The van der Waals surface area contributed by atoms with Gasteiger partial charge < -0.3 is 5.32 Å². The first-order valence-electron chi connectivity index (χ1n) is 6.07. The van der Waals surface area contributed by atoms with Gasteiger partial charge >= 0.3 is 0 Å². The van der Waals surface area contributed by atoms with E-state index < -0.39 is 0 Å². The Balaban J connectivity index is 1.95. The fraction of sp³-hybridized carbons (Fsp3) is 0.357. The third kappa shape index (κ3) is 3.65. The smallest absolute Gasteiger partial charge is 0.0541 e. The van der Waals surface area contributed by atoms with E-state index >= 15 is 0 Å². The second-order valence-electron chi connectivity index (χ2n) is 4.06. The molecule has 17 heavy (non-hydrogen) atoms. The van der Waals surface area contributed by atoms with E-state index in [0.29, 0.717) is 6.04 Å². The summed E-state index contributed by atoms with van der Waals surface area (Å²) in [4.78, 5) is 5.75. The molecule has 0 bridgehead atoms. The summed E-state index contributed by atoms with van der Waals surface area (Å²) in [5.74, 6) is 0. The van der Waals surface area contributed by atoms with Gasteiger partial charge in [-0.25, -0.2) is 0 Å². The number of nitrogens with zero attached hydrogens (tertiary/aromatic N) is 1. The highest BCUT2D eigenvalue weighted by Gasteiger charge is 2.10. The van der Waals surface area contributed by atoms with Gasteiger partial charge in [0.2, 0.25) is 0 Å². The Morgan fingerprint density at radius 1 is 1.29 bits per heavy atom. The molecule has 0 amide bonds. The molecule has 0 aliphatic heterocycles. The number of rotatable bonds is 6. The molecule has 1 unspecified atom stereocenters. The molecule has 0 aliphatic rings. The zero-order valence-corrected chi connectivity index (χ0v) is 10.9. The molecule has 3 heteroatoms. The van der Waals surface area contributed by atoms with Crippen molar-refractivity contribution >= 4 is 11.3 Å². The van der Waals surface area contributed by atoms with Gasteiger partial charge in [0.05, 0.1) is 5.69 Å². The van der Waals surface area contributed by atoms with Crippen LogP contribution in [-0.4, -0.2) is 4.98 Å². The third-order valence-electron chi connectivity index (χ3n) is 2.72. The van der Waals surface area contributed by atoms with E-state index in [-0.39, 0.29) is 0 Å². The van der Waals surface area contributed by atoms with Crippen LogP contribution in [-0.2, 0) is 6.54 Å². The molecule has 0 fully saturated rings. The summed E-state index contributed by atoms with van der Waals surface area (Å²) in [5.41, 5.74) is 1.10. The minimum atomic E-state index is 0.460. The number of pyridine rings is 1. The maximum atomic E-state index is 4.33. The quantitative estimate of drug-likeness (QED) is 0.839.